The van der Waals surface area contributed by atoms with E-state index >= 15 is 0 Å². The first kappa shape index (κ1) is 35.6. The van der Waals surface area contributed by atoms with Gasteiger partial charge in [-0.2, -0.15) is 0 Å². The van der Waals surface area contributed by atoms with Crippen LogP contribution in [0.3, 0.4) is 0 Å². The summed E-state index contributed by atoms with van der Waals surface area (Å²) in [5, 5.41) is 4.83. The minimum absolute atomic E-state index is 0.0617. The lowest BCUT2D eigenvalue weighted by molar-refractivity contribution is 0.590. The molecule has 58 heavy (non-hydrogen) atoms. The van der Waals surface area contributed by atoms with Crippen LogP contribution in [0.5, 0.6) is 0 Å². The average molecular weight is 751 g/mol. The number of fused-ring (bicyclic) bond motifs is 5. The standard InChI is InChI=1S/C54H46N4/c1-53(2,3)39-21-27-49-45(33-39)46-34-40(54(4,5)6)22-28-50(46)58(49)42-25-19-36(20-26-42)35-17-23-41(24-18-35)57-47(43-15-7-11-37-13-9-31-55-51(37)43)29-30-48(57)44-16-8-12-38-14-10-32-56-52(38)44/h7-34H,1-6H3. The molecule has 0 unspecified atom stereocenters. The second-order valence-electron chi connectivity index (χ2n) is 17.6. The summed E-state index contributed by atoms with van der Waals surface area (Å²) in [4.78, 5) is 9.67. The number of rotatable bonds is 5. The van der Waals surface area contributed by atoms with Gasteiger partial charge in [0.25, 0.3) is 0 Å². The van der Waals surface area contributed by atoms with Crippen LogP contribution in [0.1, 0.15) is 52.7 Å². The molecule has 0 aliphatic heterocycles. The molecule has 0 radical (unpaired) electrons. The Kier molecular flexibility index (Phi) is 8.24. The quantitative estimate of drug-likeness (QED) is 0.176. The van der Waals surface area contributed by atoms with Crippen LogP contribution < -0.4 is 0 Å². The van der Waals surface area contributed by atoms with Crippen LogP contribution in [0.15, 0.2) is 170 Å². The molecule has 0 aliphatic carbocycles. The third-order valence-electron chi connectivity index (χ3n) is 11.8. The van der Waals surface area contributed by atoms with Gasteiger partial charge in [0.2, 0.25) is 0 Å². The topological polar surface area (TPSA) is 35.6 Å². The average Bonchev–Trinajstić information content (AvgIpc) is 3.82. The fraction of sp³-hybridized carbons (Fsp3) is 0.148. The van der Waals surface area contributed by atoms with Crippen molar-refractivity contribution in [3.8, 4) is 45.0 Å². The third-order valence-corrected chi connectivity index (χ3v) is 11.8. The molecule has 282 valence electrons. The number of benzene rings is 6. The van der Waals surface area contributed by atoms with E-state index in [-0.39, 0.29) is 10.8 Å². The van der Waals surface area contributed by atoms with Gasteiger partial charge in [-0.1, -0.05) is 126 Å². The van der Waals surface area contributed by atoms with Gasteiger partial charge in [-0.05, 0) is 106 Å². The summed E-state index contributed by atoms with van der Waals surface area (Å²) >= 11 is 0. The number of hydrogen-bond donors (Lipinski definition) is 0. The van der Waals surface area contributed by atoms with Crippen molar-refractivity contribution in [2.45, 2.75) is 52.4 Å². The van der Waals surface area contributed by atoms with Crippen molar-refractivity contribution in [3.63, 3.8) is 0 Å². The van der Waals surface area contributed by atoms with Gasteiger partial charge < -0.3 is 9.13 Å². The molecule has 4 heteroatoms. The molecule has 4 nitrogen and oxygen atoms in total. The number of aromatic nitrogens is 4. The van der Waals surface area contributed by atoms with E-state index in [1.165, 1.54) is 38.5 Å². The Bertz CT molecular complexity index is 2990. The van der Waals surface area contributed by atoms with Gasteiger partial charge in [-0.3, -0.25) is 9.97 Å². The van der Waals surface area contributed by atoms with E-state index in [0.717, 1.165) is 61.3 Å². The van der Waals surface area contributed by atoms with Gasteiger partial charge in [-0.15, -0.1) is 0 Å². The van der Waals surface area contributed by atoms with E-state index in [0.29, 0.717) is 0 Å². The second kappa shape index (κ2) is 13.4. The van der Waals surface area contributed by atoms with Crippen molar-refractivity contribution in [2.24, 2.45) is 0 Å². The second-order valence-corrected chi connectivity index (χ2v) is 17.6. The van der Waals surface area contributed by atoms with Gasteiger partial charge >= 0.3 is 0 Å². The van der Waals surface area contributed by atoms with Crippen molar-refractivity contribution in [1.29, 1.82) is 0 Å². The summed E-state index contributed by atoms with van der Waals surface area (Å²) < 4.78 is 4.79. The van der Waals surface area contributed by atoms with Crippen LogP contribution >= 0.6 is 0 Å². The van der Waals surface area contributed by atoms with Gasteiger partial charge in [0.05, 0.1) is 33.5 Å². The van der Waals surface area contributed by atoms with Gasteiger partial charge in [-0.25, -0.2) is 0 Å². The molecule has 4 aromatic heterocycles. The van der Waals surface area contributed by atoms with Crippen LogP contribution in [0, 0.1) is 0 Å². The summed E-state index contributed by atoms with van der Waals surface area (Å²) in [5.41, 5.74) is 16.2. The molecule has 10 rings (SSSR count). The maximum atomic E-state index is 4.84. The number of nitrogens with zero attached hydrogens (tertiary/aromatic N) is 4. The highest BCUT2D eigenvalue weighted by molar-refractivity contribution is 6.10. The Morgan fingerprint density at radius 3 is 1.24 bits per heavy atom. The molecule has 0 saturated carbocycles. The fourth-order valence-electron chi connectivity index (χ4n) is 8.60. The lowest BCUT2D eigenvalue weighted by Crippen LogP contribution is -2.10. The highest BCUT2D eigenvalue weighted by Gasteiger charge is 2.22. The summed E-state index contributed by atoms with van der Waals surface area (Å²) in [6.07, 6.45) is 3.75. The first-order chi connectivity index (χ1) is 28.0. The smallest absolute Gasteiger partial charge is 0.0795 e. The number of para-hydroxylation sites is 2. The molecular formula is C54H46N4. The van der Waals surface area contributed by atoms with Crippen LogP contribution in [0.25, 0.3) is 88.6 Å². The van der Waals surface area contributed by atoms with E-state index in [1.54, 1.807) is 0 Å². The molecule has 10 aromatic rings. The molecule has 0 atom stereocenters. The Morgan fingerprint density at radius 1 is 0.397 bits per heavy atom. The molecule has 0 amide bonds. The normalized spacial score (nSPS) is 12.3. The van der Waals surface area contributed by atoms with Crippen LogP contribution in [0.2, 0.25) is 0 Å². The van der Waals surface area contributed by atoms with Crippen LogP contribution in [-0.2, 0) is 10.8 Å². The minimum Gasteiger partial charge on any atom is -0.309 e. The molecule has 0 spiro atoms. The van der Waals surface area contributed by atoms with Crippen molar-refractivity contribution in [3.05, 3.63) is 181 Å². The minimum atomic E-state index is 0.0617. The molecule has 0 fully saturated rings. The summed E-state index contributed by atoms with van der Waals surface area (Å²) in [5.74, 6) is 0. The zero-order valence-electron chi connectivity index (χ0n) is 34.0. The zero-order chi connectivity index (χ0) is 39.8. The highest BCUT2D eigenvalue weighted by Crippen LogP contribution is 2.40. The van der Waals surface area contributed by atoms with E-state index in [9.17, 15) is 0 Å². The molecule has 0 N–H and O–H groups in total. The van der Waals surface area contributed by atoms with E-state index in [4.69, 9.17) is 9.97 Å². The molecule has 0 saturated heterocycles. The van der Waals surface area contributed by atoms with Crippen LogP contribution in [-0.4, -0.2) is 19.1 Å². The Morgan fingerprint density at radius 2 is 0.810 bits per heavy atom. The number of hydrogen-bond acceptors (Lipinski definition) is 2. The predicted octanol–water partition coefficient (Wildman–Crippen LogP) is 14.3. The third kappa shape index (κ3) is 5.99. The highest BCUT2D eigenvalue weighted by atomic mass is 15.0. The van der Waals surface area contributed by atoms with Gasteiger partial charge in [0.1, 0.15) is 0 Å². The molecule has 0 aliphatic rings. The molecule has 6 aromatic carbocycles. The van der Waals surface area contributed by atoms with E-state index < -0.39 is 0 Å². The maximum Gasteiger partial charge on any atom is 0.0795 e. The molecular weight excluding hydrogens is 705 g/mol. The lowest BCUT2D eigenvalue weighted by Gasteiger charge is -2.19. The van der Waals surface area contributed by atoms with E-state index in [2.05, 4.69) is 196 Å². The van der Waals surface area contributed by atoms with Crippen LogP contribution in [0.4, 0.5) is 0 Å². The van der Waals surface area contributed by atoms with Crippen molar-refractivity contribution < 1.29 is 0 Å². The van der Waals surface area contributed by atoms with Gasteiger partial charge in [0, 0.05) is 56.4 Å². The summed E-state index contributed by atoms with van der Waals surface area (Å²) in [6, 6.07) is 57.5. The molecule has 4 heterocycles. The van der Waals surface area contributed by atoms with Gasteiger partial charge in [0.15, 0.2) is 0 Å². The predicted molar refractivity (Wildman–Crippen MR) is 244 cm³/mol. The largest absolute Gasteiger partial charge is 0.309 e. The summed E-state index contributed by atoms with van der Waals surface area (Å²) in [6.45, 7) is 13.8. The fourth-order valence-corrected chi connectivity index (χ4v) is 8.60. The maximum absolute atomic E-state index is 4.84. The summed E-state index contributed by atoms with van der Waals surface area (Å²) in [7, 11) is 0. The first-order valence-corrected chi connectivity index (χ1v) is 20.2. The number of pyridine rings is 2. The van der Waals surface area contributed by atoms with Crippen molar-refractivity contribution in [2.75, 3.05) is 0 Å². The Hall–Kier alpha value is -6.78. The first-order valence-electron chi connectivity index (χ1n) is 20.2. The zero-order valence-corrected chi connectivity index (χ0v) is 34.0. The Balaban J connectivity index is 1.07. The van der Waals surface area contributed by atoms with Crippen molar-refractivity contribution in [1.82, 2.24) is 19.1 Å². The molecule has 0 bridgehead atoms. The van der Waals surface area contributed by atoms with E-state index in [1.807, 2.05) is 24.5 Å². The monoisotopic (exact) mass is 750 g/mol. The Labute approximate surface area is 340 Å². The van der Waals surface area contributed by atoms with Crippen molar-refractivity contribution >= 4 is 43.6 Å². The lowest BCUT2D eigenvalue weighted by atomic mass is 9.85. The SMILES string of the molecule is CC(C)(C)c1ccc2c(c1)c1cc(C(C)(C)C)ccc1n2-c1ccc(-c2ccc(-n3c(-c4cccc5cccnc45)ccc3-c3cccc4cccnc34)cc2)cc1.